The Kier molecular flexibility index (Phi) is 6.40. The first kappa shape index (κ1) is 15.5. The Balaban J connectivity index is 2.52. The first-order valence-electron chi connectivity index (χ1n) is 7.12. The molecule has 3 heteroatoms. The highest BCUT2D eigenvalue weighted by atomic mass is 16.4. The van der Waals surface area contributed by atoms with Crippen LogP contribution in [0.3, 0.4) is 0 Å². The summed E-state index contributed by atoms with van der Waals surface area (Å²) in [6.07, 6.45) is 8.21. The van der Waals surface area contributed by atoms with Gasteiger partial charge in [0.2, 0.25) is 0 Å². The molecule has 106 valence electrons. The van der Waals surface area contributed by atoms with E-state index in [9.17, 15) is 9.90 Å². The van der Waals surface area contributed by atoms with Crippen LogP contribution in [0, 0.1) is 6.92 Å². The quantitative estimate of drug-likeness (QED) is 0.688. The van der Waals surface area contributed by atoms with Crippen molar-refractivity contribution in [3.8, 4) is 5.75 Å². The molecule has 0 spiro atoms. The lowest BCUT2D eigenvalue weighted by Crippen LogP contribution is -2.00. The van der Waals surface area contributed by atoms with Gasteiger partial charge in [0.15, 0.2) is 0 Å². The van der Waals surface area contributed by atoms with E-state index in [0.29, 0.717) is 5.56 Å². The summed E-state index contributed by atoms with van der Waals surface area (Å²) in [5.41, 5.74) is 1.66. The van der Waals surface area contributed by atoms with Gasteiger partial charge in [-0.05, 0) is 37.0 Å². The molecule has 0 radical (unpaired) electrons. The van der Waals surface area contributed by atoms with Crippen LogP contribution in [0.4, 0.5) is 0 Å². The third-order valence-corrected chi connectivity index (χ3v) is 3.41. The Morgan fingerprint density at radius 2 is 1.74 bits per heavy atom. The maximum Gasteiger partial charge on any atom is 0.339 e. The van der Waals surface area contributed by atoms with Crippen molar-refractivity contribution in [1.82, 2.24) is 0 Å². The first-order valence-corrected chi connectivity index (χ1v) is 7.12. The number of hydrogen-bond acceptors (Lipinski definition) is 2. The number of aryl methyl sites for hydroxylation is 2. The number of rotatable bonds is 8. The van der Waals surface area contributed by atoms with E-state index in [1.165, 1.54) is 32.1 Å². The predicted molar refractivity (Wildman–Crippen MR) is 76.9 cm³/mol. The van der Waals surface area contributed by atoms with E-state index < -0.39 is 5.97 Å². The van der Waals surface area contributed by atoms with Crippen molar-refractivity contribution >= 4 is 5.97 Å². The molecule has 2 N–H and O–H groups in total. The molecule has 0 aliphatic heterocycles. The van der Waals surface area contributed by atoms with Gasteiger partial charge in [0.05, 0.1) is 0 Å². The zero-order valence-corrected chi connectivity index (χ0v) is 11.9. The van der Waals surface area contributed by atoms with Gasteiger partial charge in [0.1, 0.15) is 11.3 Å². The standard InChI is InChI=1S/C16H24O3/c1-3-4-5-6-7-8-9-13-10-12(2)15(17)14(11-13)16(18)19/h10-11,17H,3-9H2,1-2H3,(H,18,19). The van der Waals surface area contributed by atoms with Crippen LogP contribution >= 0.6 is 0 Å². The van der Waals surface area contributed by atoms with Crippen LogP contribution in [-0.2, 0) is 6.42 Å². The molecule has 3 nitrogen and oxygen atoms in total. The number of benzene rings is 1. The van der Waals surface area contributed by atoms with E-state index in [1.807, 2.05) is 6.07 Å². The molecule has 1 aromatic rings. The normalized spacial score (nSPS) is 10.6. The number of phenols is 1. The van der Waals surface area contributed by atoms with Crippen LogP contribution < -0.4 is 0 Å². The van der Waals surface area contributed by atoms with Crippen LogP contribution in [0.15, 0.2) is 12.1 Å². The highest BCUT2D eigenvalue weighted by Gasteiger charge is 2.13. The zero-order valence-electron chi connectivity index (χ0n) is 11.9. The molecule has 0 amide bonds. The summed E-state index contributed by atoms with van der Waals surface area (Å²) in [6, 6.07) is 3.48. The van der Waals surface area contributed by atoms with Crippen molar-refractivity contribution < 1.29 is 15.0 Å². The number of hydrogen-bond donors (Lipinski definition) is 2. The van der Waals surface area contributed by atoms with Crippen LogP contribution in [0.5, 0.6) is 5.75 Å². The topological polar surface area (TPSA) is 57.5 Å². The molecule has 19 heavy (non-hydrogen) atoms. The van der Waals surface area contributed by atoms with Gasteiger partial charge in [-0.15, -0.1) is 0 Å². The highest BCUT2D eigenvalue weighted by Crippen LogP contribution is 2.25. The van der Waals surface area contributed by atoms with Gasteiger partial charge in [0.25, 0.3) is 0 Å². The van der Waals surface area contributed by atoms with Gasteiger partial charge in [-0.2, -0.15) is 0 Å². The summed E-state index contributed by atoms with van der Waals surface area (Å²) < 4.78 is 0. The first-order chi connectivity index (χ1) is 9.06. The lowest BCUT2D eigenvalue weighted by atomic mass is 10.00. The second kappa shape index (κ2) is 7.82. The molecule has 0 aliphatic rings. The van der Waals surface area contributed by atoms with E-state index in [1.54, 1.807) is 13.0 Å². The van der Waals surface area contributed by atoms with Crippen molar-refractivity contribution in [3.63, 3.8) is 0 Å². The zero-order chi connectivity index (χ0) is 14.3. The van der Waals surface area contributed by atoms with E-state index in [2.05, 4.69) is 6.92 Å². The third-order valence-electron chi connectivity index (χ3n) is 3.41. The van der Waals surface area contributed by atoms with Crippen LogP contribution in [0.25, 0.3) is 0 Å². The van der Waals surface area contributed by atoms with Gasteiger partial charge in [-0.1, -0.05) is 45.1 Å². The SMILES string of the molecule is CCCCCCCCc1cc(C)c(O)c(C(=O)O)c1. The molecule has 0 heterocycles. The maximum absolute atomic E-state index is 11.0. The Labute approximate surface area is 115 Å². The Bertz CT molecular complexity index is 424. The fourth-order valence-corrected chi connectivity index (χ4v) is 2.27. The molecule has 0 atom stereocenters. The summed E-state index contributed by atoms with van der Waals surface area (Å²) in [7, 11) is 0. The van der Waals surface area contributed by atoms with Crippen molar-refractivity contribution in [2.24, 2.45) is 0 Å². The van der Waals surface area contributed by atoms with Gasteiger partial charge >= 0.3 is 5.97 Å². The molecule has 0 saturated heterocycles. The van der Waals surface area contributed by atoms with E-state index in [4.69, 9.17) is 5.11 Å². The summed E-state index contributed by atoms with van der Waals surface area (Å²) in [5, 5.41) is 18.7. The van der Waals surface area contributed by atoms with Crippen molar-refractivity contribution in [2.75, 3.05) is 0 Å². The molecule has 1 rings (SSSR count). The second-order valence-electron chi connectivity index (χ2n) is 5.13. The molecule has 1 aromatic carbocycles. The summed E-state index contributed by atoms with van der Waals surface area (Å²) in [5.74, 6) is -1.18. The van der Waals surface area contributed by atoms with Gasteiger partial charge in [-0.3, -0.25) is 0 Å². The Morgan fingerprint density at radius 1 is 1.11 bits per heavy atom. The van der Waals surface area contributed by atoms with Crippen LogP contribution in [0.2, 0.25) is 0 Å². The van der Waals surface area contributed by atoms with Crippen molar-refractivity contribution in [2.45, 2.75) is 58.8 Å². The third kappa shape index (κ3) is 4.93. The van der Waals surface area contributed by atoms with Gasteiger partial charge in [-0.25, -0.2) is 4.79 Å². The lowest BCUT2D eigenvalue weighted by molar-refractivity contribution is 0.0693. The molecule has 0 bridgehead atoms. The minimum Gasteiger partial charge on any atom is -0.507 e. The van der Waals surface area contributed by atoms with E-state index in [0.717, 1.165) is 18.4 Å². The smallest absolute Gasteiger partial charge is 0.339 e. The molecule has 0 aliphatic carbocycles. The molecular weight excluding hydrogens is 240 g/mol. The summed E-state index contributed by atoms with van der Waals surface area (Å²) >= 11 is 0. The fourth-order valence-electron chi connectivity index (χ4n) is 2.27. The van der Waals surface area contributed by atoms with Crippen molar-refractivity contribution in [1.29, 1.82) is 0 Å². The second-order valence-corrected chi connectivity index (χ2v) is 5.13. The van der Waals surface area contributed by atoms with Gasteiger partial charge in [0, 0.05) is 0 Å². The fraction of sp³-hybridized carbons (Fsp3) is 0.562. The molecule has 0 saturated carbocycles. The lowest BCUT2D eigenvalue weighted by Gasteiger charge is -2.08. The number of carboxylic acid groups (broad SMARTS) is 1. The monoisotopic (exact) mass is 264 g/mol. The number of carbonyl (C=O) groups is 1. The summed E-state index contributed by atoms with van der Waals surface area (Å²) in [6.45, 7) is 3.94. The van der Waals surface area contributed by atoms with Crippen LogP contribution in [-0.4, -0.2) is 16.2 Å². The Hall–Kier alpha value is -1.51. The number of carboxylic acids is 1. The predicted octanol–water partition coefficient (Wildman–Crippen LogP) is 4.30. The summed E-state index contributed by atoms with van der Waals surface area (Å²) in [4.78, 5) is 11.0. The average molecular weight is 264 g/mol. The Morgan fingerprint density at radius 3 is 2.37 bits per heavy atom. The molecule has 0 aromatic heterocycles. The van der Waals surface area contributed by atoms with E-state index >= 15 is 0 Å². The molecule has 0 fully saturated rings. The largest absolute Gasteiger partial charge is 0.507 e. The van der Waals surface area contributed by atoms with Crippen LogP contribution in [0.1, 0.15) is 66.9 Å². The number of aromatic hydroxyl groups is 1. The highest BCUT2D eigenvalue weighted by molar-refractivity contribution is 5.91. The molecular formula is C16H24O3. The minimum absolute atomic E-state index is 0.0148. The molecule has 0 unspecified atom stereocenters. The van der Waals surface area contributed by atoms with Crippen molar-refractivity contribution in [3.05, 3.63) is 28.8 Å². The van der Waals surface area contributed by atoms with Gasteiger partial charge < -0.3 is 10.2 Å². The number of unbranched alkanes of at least 4 members (excludes halogenated alkanes) is 5. The minimum atomic E-state index is -1.06. The number of aromatic carboxylic acids is 1. The average Bonchev–Trinajstić information content (AvgIpc) is 2.37. The van der Waals surface area contributed by atoms with E-state index in [-0.39, 0.29) is 11.3 Å². The maximum atomic E-state index is 11.0.